The van der Waals surface area contributed by atoms with Crippen molar-refractivity contribution < 1.29 is 43.5 Å². The van der Waals surface area contributed by atoms with Gasteiger partial charge in [-0.1, -0.05) is 31.1 Å². The number of carbonyl (C=O) groups is 1. The Bertz CT molecular complexity index is 988. The number of ether oxygens (including phenoxy) is 4. The van der Waals surface area contributed by atoms with Crippen LogP contribution < -0.4 is 4.74 Å². The molecule has 4 aliphatic heterocycles. The third-order valence-electron chi connectivity index (χ3n) is 8.26. The third-order valence-corrected chi connectivity index (χ3v) is 8.26. The van der Waals surface area contributed by atoms with Crippen LogP contribution in [0.2, 0.25) is 0 Å². The predicted molar refractivity (Wildman–Crippen MR) is 131 cm³/mol. The standard InChI is InChI=1S/C27H37NO9/c1-17-8-9-22-18(2)24(34-25-27(22)21(17)10-11-26(3,35-25)36-37-27)32-13-5-12-31-20-7-4-6-19(14-20)15-28-33-16-23(29)30/h4,6-7,14-15,17-18,21-22,24-25H,5,8-13,16H2,1-3H3,(H,29,30)/b28-15+/t17-,18-,21?,22+,24+,25-,26-,27-/m1/s1. The van der Waals surface area contributed by atoms with E-state index >= 15 is 0 Å². The van der Waals surface area contributed by atoms with E-state index in [9.17, 15) is 4.79 Å². The van der Waals surface area contributed by atoms with Crippen LogP contribution in [0, 0.1) is 23.7 Å². The molecule has 1 unspecified atom stereocenters. The second-order valence-corrected chi connectivity index (χ2v) is 10.8. The zero-order chi connectivity index (χ0) is 26.0. The quantitative estimate of drug-likeness (QED) is 0.211. The van der Waals surface area contributed by atoms with Gasteiger partial charge in [0.15, 0.2) is 18.2 Å². The van der Waals surface area contributed by atoms with Crippen molar-refractivity contribution in [2.45, 2.75) is 76.8 Å². The molecule has 1 aromatic carbocycles. The summed E-state index contributed by atoms with van der Waals surface area (Å²) in [5, 5.41) is 12.2. The van der Waals surface area contributed by atoms with E-state index in [2.05, 4.69) is 23.8 Å². The largest absolute Gasteiger partial charge is 0.493 e. The molecule has 1 aliphatic carbocycles. The van der Waals surface area contributed by atoms with Gasteiger partial charge in [0, 0.05) is 24.7 Å². The lowest BCUT2D eigenvalue weighted by molar-refractivity contribution is -0.577. The molecule has 4 heterocycles. The number of hydrogen-bond acceptors (Lipinski definition) is 9. The molecular weight excluding hydrogens is 482 g/mol. The van der Waals surface area contributed by atoms with Crippen molar-refractivity contribution >= 4 is 12.2 Å². The first-order chi connectivity index (χ1) is 17.8. The number of nitrogens with zero attached hydrogens (tertiary/aromatic N) is 1. The monoisotopic (exact) mass is 519 g/mol. The highest BCUT2D eigenvalue weighted by Crippen LogP contribution is 2.60. The van der Waals surface area contributed by atoms with Gasteiger partial charge >= 0.3 is 5.97 Å². The van der Waals surface area contributed by atoms with Gasteiger partial charge < -0.3 is 28.9 Å². The van der Waals surface area contributed by atoms with Crippen molar-refractivity contribution in [1.29, 1.82) is 0 Å². The molecule has 10 nitrogen and oxygen atoms in total. The molecule has 4 saturated heterocycles. The van der Waals surface area contributed by atoms with Crippen molar-refractivity contribution in [2.24, 2.45) is 28.8 Å². The summed E-state index contributed by atoms with van der Waals surface area (Å²) in [4.78, 5) is 27.2. The van der Waals surface area contributed by atoms with Crippen LogP contribution in [0.4, 0.5) is 0 Å². The van der Waals surface area contributed by atoms with Crippen LogP contribution in [-0.2, 0) is 33.6 Å². The number of hydrogen-bond donors (Lipinski definition) is 1. The van der Waals surface area contributed by atoms with Gasteiger partial charge in [0.05, 0.1) is 19.4 Å². The number of carboxylic acids is 1. The summed E-state index contributed by atoms with van der Waals surface area (Å²) >= 11 is 0. The average molecular weight is 520 g/mol. The second kappa shape index (κ2) is 10.9. The summed E-state index contributed by atoms with van der Waals surface area (Å²) in [5.74, 6) is 0.0503. The van der Waals surface area contributed by atoms with Gasteiger partial charge in [-0.25, -0.2) is 14.6 Å². The Balaban J connectivity index is 1.13. The van der Waals surface area contributed by atoms with Crippen LogP contribution in [0.5, 0.6) is 5.75 Å². The smallest absolute Gasteiger partial charge is 0.344 e. The van der Waals surface area contributed by atoms with Crippen LogP contribution in [-0.4, -0.2) is 61.1 Å². The van der Waals surface area contributed by atoms with Gasteiger partial charge in [-0.3, -0.25) is 0 Å². The molecule has 6 rings (SSSR count). The Hall–Kier alpha value is -2.24. The summed E-state index contributed by atoms with van der Waals surface area (Å²) in [6.07, 6.45) is 5.23. The molecule has 0 aromatic heterocycles. The van der Waals surface area contributed by atoms with Crippen molar-refractivity contribution in [3.63, 3.8) is 0 Å². The summed E-state index contributed by atoms with van der Waals surface area (Å²) in [6.45, 7) is 6.89. The zero-order valence-electron chi connectivity index (χ0n) is 21.7. The molecule has 5 aliphatic rings. The van der Waals surface area contributed by atoms with Crippen molar-refractivity contribution in [2.75, 3.05) is 19.8 Å². The molecule has 8 atom stereocenters. The summed E-state index contributed by atoms with van der Waals surface area (Å²) in [6, 6.07) is 7.32. The Morgan fingerprint density at radius 3 is 2.89 bits per heavy atom. The lowest BCUT2D eigenvalue weighted by Crippen LogP contribution is -2.70. The Labute approximate surface area is 217 Å². The van der Waals surface area contributed by atoms with Gasteiger partial charge in [-0.15, -0.1) is 0 Å². The Morgan fingerprint density at radius 2 is 2.05 bits per heavy atom. The summed E-state index contributed by atoms with van der Waals surface area (Å²) in [5.41, 5.74) is 0.165. The van der Waals surface area contributed by atoms with E-state index in [1.807, 2.05) is 31.2 Å². The topological polar surface area (TPSA) is 114 Å². The predicted octanol–water partition coefficient (Wildman–Crippen LogP) is 4.12. The molecule has 1 saturated carbocycles. The second-order valence-electron chi connectivity index (χ2n) is 10.8. The first-order valence-electron chi connectivity index (χ1n) is 13.2. The van der Waals surface area contributed by atoms with Gasteiger partial charge in [-0.05, 0) is 55.7 Å². The third kappa shape index (κ3) is 5.35. The zero-order valence-corrected chi connectivity index (χ0v) is 21.7. The van der Waals surface area contributed by atoms with Gasteiger partial charge in [0.25, 0.3) is 0 Å². The normalized spacial score (nSPS) is 38.7. The first-order valence-corrected chi connectivity index (χ1v) is 13.2. The molecule has 1 spiro atoms. The number of rotatable bonds is 10. The SMILES string of the molecule is C[C@H]1[C@@H](OCCCOc2cccc(/C=N/OCC(=O)O)c2)O[C@@H]2O[C@@]3(C)CCC4[C@H](C)CC[C@@H]1[C@]42OO3. The van der Waals surface area contributed by atoms with Crippen LogP contribution >= 0.6 is 0 Å². The van der Waals surface area contributed by atoms with E-state index in [1.54, 1.807) is 0 Å². The molecule has 0 amide bonds. The minimum atomic E-state index is -1.08. The van der Waals surface area contributed by atoms with E-state index in [-0.39, 0.29) is 18.1 Å². The van der Waals surface area contributed by atoms with Crippen LogP contribution in [0.15, 0.2) is 29.4 Å². The first kappa shape index (κ1) is 26.4. The highest BCUT2D eigenvalue weighted by molar-refractivity contribution is 5.79. The van der Waals surface area contributed by atoms with Crippen LogP contribution in [0.1, 0.15) is 58.4 Å². The van der Waals surface area contributed by atoms with Crippen molar-refractivity contribution in [3.8, 4) is 5.75 Å². The van der Waals surface area contributed by atoms with Gasteiger partial charge in [-0.2, -0.15) is 0 Å². The maximum Gasteiger partial charge on any atom is 0.344 e. The Kier molecular flexibility index (Phi) is 7.74. The fraction of sp³-hybridized carbons (Fsp3) is 0.704. The maximum atomic E-state index is 10.5. The van der Waals surface area contributed by atoms with Crippen LogP contribution in [0.3, 0.4) is 0 Å². The van der Waals surface area contributed by atoms with Gasteiger partial charge in [0.2, 0.25) is 12.4 Å². The van der Waals surface area contributed by atoms with Crippen molar-refractivity contribution in [1.82, 2.24) is 0 Å². The summed E-state index contributed by atoms with van der Waals surface area (Å²) < 4.78 is 24.9. The molecule has 1 N–H and O–H groups in total. The number of fused-ring (bicyclic) bond motifs is 2. The van der Waals surface area contributed by atoms with Crippen LogP contribution in [0.25, 0.3) is 0 Å². The average Bonchev–Trinajstić information content (AvgIpc) is 3.10. The van der Waals surface area contributed by atoms with E-state index in [0.29, 0.717) is 37.2 Å². The van der Waals surface area contributed by atoms with E-state index in [4.69, 9.17) is 33.8 Å². The Morgan fingerprint density at radius 1 is 1.19 bits per heavy atom. The van der Waals surface area contributed by atoms with E-state index in [1.165, 1.54) is 6.21 Å². The molecule has 204 valence electrons. The highest BCUT2D eigenvalue weighted by atomic mass is 17.3. The fourth-order valence-corrected chi connectivity index (χ4v) is 6.39. The number of benzene rings is 1. The number of carboxylic acid groups (broad SMARTS) is 1. The summed E-state index contributed by atoms with van der Waals surface area (Å²) in [7, 11) is 0. The molecule has 2 bridgehead atoms. The minimum Gasteiger partial charge on any atom is -0.493 e. The lowest BCUT2D eigenvalue weighted by atomic mass is 9.58. The lowest BCUT2D eigenvalue weighted by Gasteiger charge is -2.60. The highest BCUT2D eigenvalue weighted by Gasteiger charge is 2.69. The van der Waals surface area contributed by atoms with Crippen molar-refractivity contribution in [3.05, 3.63) is 29.8 Å². The number of aliphatic carboxylic acids is 1. The molecule has 37 heavy (non-hydrogen) atoms. The maximum absolute atomic E-state index is 10.5. The van der Waals surface area contributed by atoms with E-state index < -0.39 is 30.3 Å². The molecule has 0 radical (unpaired) electrons. The molecule has 5 fully saturated rings. The molecule has 10 heteroatoms. The van der Waals surface area contributed by atoms with Gasteiger partial charge in [0.1, 0.15) is 5.75 Å². The minimum absolute atomic E-state index is 0.140. The fourth-order valence-electron chi connectivity index (χ4n) is 6.39. The van der Waals surface area contributed by atoms with E-state index in [0.717, 1.165) is 31.2 Å². The molecular formula is C27H37NO9. The number of oxime groups is 1. The molecule has 1 aromatic rings.